The summed E-state index contributed by atoms with van der Waals surface area (Å²) in [5.74, 6) is 1.04. The maximum Gasteiger partial charge on any atom is 0.245 e. The molecule has 0 saturated heterocycles. The molecule has 0 aliphatic carbocycles. The van der Waals surface area contributed by atoms with Gasteiger partial charge in [-0.15, -0.1) is 0 Å². The Balaban J connectivity index is 2.14. The van der Waals surface area contributed by atoms with E-state index in [0.29, 0.717) is 34.5 Å². The topological polar surface area (TPSA) is 74.7 Å². The van der Waals surface area contributed by atoms with Gasteiger partial charge >= 0.3 is 0 Å². The van der Waals surface area contributed by atoms with Crippen molar-refractivity contribution in [1.29, 1.82) is 5.26 Å². The third-order valence-corrected chi connectivity index (χ3v) is 2.44. The summed E-state index contributed by atoms with van der Waals surface area (Å²) in [7, 11) is 0. The molecule has 0 bridgehead atoms. The number of anilines is 1. The molecule has 1 heterocycles. The van der Waals surface area contributed by atoms with Crippen molar-refractivity contribution in [3.05, 3.63) is 40.5 Å². The minimum Gasteiger partial charge on any atom is -0.375 e. The van der Waals surface area contributed by atoms with Crippen molar-refractivity contribution in [2.24, 2.45) is 0 Å². The van der Waals surface area contributed by atoms with E-state index in [4.69, 9.17) is 21.4 Å². The molecule has 86 valence electrons. The normalized spacial score (nSPS) is 9.94. The fourth-order valence-corrected chi connectivity index (χ4v) is 1.58. The molecule has 1 N–H and O–H groups in total. The zero-order chi connectivity index (χ0) is 12.3. The zero-order valence-electron chi connectivity index (χ0n) is 9.07. The van der Waals surface area contributed by atoms with E-state index in [9.17, 15) is 0 Å². The van der Waals surface area contributed by atoms with E-state index in [2.05, 4.69) is 15.5 Å². The van der Waals surface area contributed by atoms with Crippen LogP contribution >= 0.6 is 11.6 Å². The summed E-state index contributed by atoms with van der Waals surface area (Å²) in [6, 6.07) is 7.25. The summed E-state index contributed by atoms with van der Waals surface area (Å²) in [5.41, 5.74) is 1.06. The quantitative estimate of drug-likeness (QED) is 0.903. The number of hydrogen-bond acceptors (Lipinski definition) is 5. The number of nitrogens with zero attached hydrogens (tertiary/aromatic N) is 3. The predicted molar refractivity (Wildman–Crippen MR) is 62.5 cm³/mol. The summed E-state index contributed by atoms with van der Waals surface area (Å²) in [4.78, 5) is 4.05. The van der Waals surface area contributed by atoms with Crippen LogP contribution in [-0.2, 0) is 6.54 Å². The average Bonchev–Trinajstić information content (AvgIpc) is 2.72. The molecule has 0 unspecified atom stereocenters. The van der Waals surface area contributed by atoms with E-state index in [-0.39, 0.29) is 0 Å². The van der Waals surface area contributed by atoms with Crippen LogP contribution in [0.15, 0.2) is 22.7 Å². The Kier molecular flexibility index (Phi) is 3.26. The third-order valence-electron chi connectivity index (χ3n) is 2.13. The lowest BCUT2D eigenvalue weighted by atomic mass is 10.2. The fourth-order valence-electron chi connectivity index (χ4n) is 1.37. The van der Waals surface area contributed by atoms with E-state index >= 15 is 0 Å². The first-order valence-corrected chi connectivity index (χ1v) is 5.30. The van der Waals surface area contributed by atoms with Gasteiger partial charge in [-0.3, -0.25) is 0 Å². The lowest BCUT2D eigenvalue weighted by Gasteiger charge is -2.06. The van der Waals surface area contributed by atoms with Crippen molar-refractivity contribution in [2.45, 2.75) is 13.5 Å². The van der Waals surface area contributed by atoms with Gasteiger partial charge < -0.3 is 9.84 Å². The molecule has 0 aliphatic rings. The Labute approximate surface area is 103 Å². The highest BCUT2D eigenvalue weighted by Crippen LogP contribution is 2.23. The fraction of sp³-hybridized carbons (Fsp3) is 0.182. The van der Waals surface area contributed by atoms with E-state index in [1.54, 1.807) is 25.1 Å². The molecular formula is C11H9ClN4O. The second-order valence-electron chi connectivity index (χ2n) is 3.36. The number of nitriles is 1. The Morgan fingerprint density at radius 1 is 1.53 bits per heavy atom. The van der Waals surface area contributed by atoms with Crippen LogP contribution in [0.3, 0.4) is 0 Å². The average molecular weight is 249 g/mol. The lowest BCUT2D eigenvalue weighted by Crippen LogP contribution is -2.01. The summed E-state index contributed by atoms with van der Waals surface area (Å²) >= 11 is 5.90. The van der Waals surface area contributed by atoms with Crippen molar-refractivity contribution in [3.8, 4) is 6.07 Å². The maximum atomic E-state index is 8.97. The van der Waals surface area contributed by atoms with Crippen molar-refractivity contribution >= 4 is 17.3 Å². The van der Waals surface area contributed by atoms with Gasteiger partial charge in [0.25, 0.3) is 0 Å². The van der Waals surface area contributed by atoms with Gasteiger partial charge in [-0.2, -0.15) is 10.2 Å². The van der Waals surface area contributed by atoms with E-state index < -0.39 is 0 Å². The highest BCUT2D eigenvalue weighted by Gasteiger charge is 2.07. The number of benzene rings is 1. The van der Waals surface area contributed by atoms with Gasteiger partial charge in [-0.05, 0) is 19.1 Å². The molecule has 0 saturated carbocycles. The van der Waals surface area contributed by atoms with Gasteiger partial charge in [0.2, 0.25) is 5.89 Å². The second-order valence-corrected chi connectivity index (χ2v) is 3.77. The minimum atomic E-state index is 0.357. The smallest absolute Gasteiger partial charge is 0.245 e. The van der Waals surface area contributed by atoms with Crippen LogP contribution in [0.2, 0.25) is 5.02 Å². The number of hydrogen-bond donors (Lipinski definition) is 1. The van der Waals surface area contributed by atoms with Gasteiger partial charge in [0, 0.05) is 0 Å². The highest BCUT2D eigenvalue weighted by atomic mass is 35.5. The first-order chi connectivity index (χ1) is 8.20. The lowest BCUT2D eigenvalue weighted by molar-refractivity contribution is 0.379. The Morgan fingerprint density at radius 2 is 2.35 bits per heavy atom. The van der Waals surface area contributed by atoms with Crippen LogP contribution in [0, 0.1) is 18.3 Å². The molecule has 0 amide bonds. The molecule has 0 fully saturated rings. The highest BCUT2D eigenvalue weighted by molar-refractivity contribution is 6.32. The Morgan fingerprint density at radius 3 is 3.00 bits per heavy atom. The van der Waals surface area contributed by atoms with E-state index in [1.165, 1.54) is 0 Å². The number of aryl methyl sites for hydroxylation is 1. The molecule has 2 aromatic rings. The molecule has 1 aromatic carbocycles. The van der Waals surface area contributed by atoms with Crippen molar-refractivity contribution in [1.82, 2.24) is 10.1 Å². The second kappa shape index (κ2) is 4.85. The molecule has 17 heavy (non-hydrogen) atoms. The van der Waals surface area contributed by atoms with Gasteiger partial charge in [-0.25, -0.2) is 0 Å². The molecule has 0 spiro atoms. The molecule has 0 radical (unpaired) electrons. The first kappa shape index (κ1) is 11.4. The van der Waals surface area contributed by atoms with Crippen LogP contribution in [-0.4, -0.2) is 10.1 Å². The molecule has 1 aromatic heterocycles. The van der Waals surface area contributed by atoms with Crippen LogP contribution in [0.4, 0.5) is 5.69 Å². The van der Waals surface area contributed by atoms with Crippen molar-refractivity contribution in [2.75, 3.05) is 5.32 Å². The predicted octanol–water partition coefficient (Wildman–Crippen LogP) is 2.52. The van der Waals surface area contributed by atoms with Crippen LogP contribution in [0.25, 0.3) is 0 Å². The zero-order valence-corrected chi connectivity index (χ0v) is 9.82. The Bertz CT molecular complexity index is 573. The van der Waals surface area contributed by atoms with Gasteiger partial charge in [0.05, 0.1) is 22.8 Å². The largest absolute Gasteiger partial charge is 0.375 e. The van der Waals surface area contributed by atoms with E-state index in [1.807, 2.05) is 6.07 Å². The number of aromatic nitrogens is 2. The summed E-state index contributed by atoms with van der Waals surface area (Å²) in [6.07, 6.45) is 0. The Hall–Kier alpha value is -2.06. The monoisotopic (exact) mass is 248 g/mol. The third kappa shape index (κ3) is 2.55. The minimum absolute atomic E-state index is 0.357. The van der Waals surface area contributed by atoms with Gasteiger partial charge in [0.15, 0.2) is 5.82 Å². The molecule has 6 heteroatoms. The first-order valence-electron chi connectivity index (χ1n) is 4.92. The molecule has 5 nitrogen and oxygen atoms in total. The number of halogens is 1. The molecular weight excluding hydrogens is 240 g/mol. The maximum absolute atomic E-state index is 8.97. The molecule has 2 rings (SSSR count). The van der Waals surface area contributed by atoms with Gasteiger partial charge in [0.1, 0.15) is 6.07 Å². The summed E-state index contributed by atoms with van der Waals surface area (Å²) < 4.78 is 4.95. The SMILES string of the molecule is Cc1noc(CNc2cccc(Cl)c2C#N)n1. The summed E-state index contributed by atoms with van der Waals surface area (Å²) in [6.45, 7) is 2.10. The molecule has 0 aliphatic heterocycles. The van der Waals surface area contributed by atoms with Crippen LogP contribution in [0.1, 0.15) is 17.3 Å². The van der Waals surface area contributed by atoms with Crippen LogP contribution in [0.5, 0.6) is 0 Å². The summed E-state index contributed by atoms with van der Waals surface area (Å²) in [5, 5.41) is 16.1. The van der Waals surface area contributed by atoms with Crippen LogP contribution < -0.4 is 5.32 Å². The van der Waals surface area contributed by atoms with Gasteiger partial charge in [-0.1, -0.05) is 22.8 Å². The number of rotatable bonds is 3. The van der Waals surface area contributed by atoms with Crippen molar-refractivity contribution < 1.29 is 4.52 Å². The molecule has 0 atom stereocenters. The van der Waals surface area contributed by atoms with E-state index in [0.717, 1.165) is 0 Å². The standard InChI is InChI=1S/C11H9ClN4O/c1-7-15-11(17-16-7)6-14-10-4-2-3-9(12)8(10)5-13/h2-4,14H,6H2,1H3. The van der Waals surface area contributed by atoms with Crippen molar-refractivity contribution in [3.63, 3.8) is 0 Å². The number of nitrogens with one attached hydrogen (secondary N) is 1.